The molecular weight excluding hydrogens is 420 g/mol. The molecule has 0 bridgehead atoms. The van der Waals surface area contributed by atoms with Gasteiger partial charge in [-0.25, -0.2) is 18.4 Å². The maximum absolute atomic E-state index is 13.4. The summed E-state index contributed by atoms with van der Waals surface area (Å²) in [6.45, 7) is 4.32. The van der Waals surface area contributed by atoms with E-state index in [1.165, 1.54) is 28.9 Å². The van der Waals surface area contributed by atoms with Gasteiger partial charge in [-0.15, -0.1) is 17.7 Å². The molecule has 0 saturated carbocycles. The minimum Gasteiger partial charge on any atom is -0.336 e. The van der Waals surface area contributed by atoms with Gasteiger partial charge in [0.1, 0.15) is 18.2 Å². The normalized spacial score (nSPS) is 14.1. The van der Waals surface area contributed by atoms with Gasteiger partial charge in [0.15, 0.2) is 11.6 Å². The second-order valence-corrected chi connectivity index (χ2v) is 7.59. The minimum absolute atomic E-state index is 0.0567. The van der Waals surface area contributed by atoms with Crippen molar-refractivity contribution in [1.29, 1.82) is 0 Å². The van der Waals surface area contributed by atoms with E-state index in [0.29, 0.717) is 47.2 Å². The molecule has 1 aromatic heterocycles. The Kier molecular flexibility index (Phi) is 5.94. The summed E-state index contributed by atoms with van der Waals surface area (Å²) >= 11 is 4.41. The number of hydrogen-bond donors (Lipinski definition) is 1. The van der Waals surface area contributed by atoms with E-state index in [2.05, 4.69) is 34.4 Å². The molecule has 4 rings (SSSR count). The Morgan fingerprint density at radius 3 is 2.26 bits per heavy atom. The SMILES string of the molecule is C=NC1=C(S)CN(C(=O)Cn2nc(-c3ccc(F)cc3)nc2-c2ccc(F)cc2)CC1. The van der Waals surface area contributed by atoms with E-state index < -0.39 is 0 Å². The lowest BCUT2D eigenvalue weighted by atomic mass is 10.2. The lowest BCUT2D eigenvalue weighted by molar-refractivity contribution is -0.131. The van der Waals surface area contributed by atoms with Crippen molar-refractivity contribution in [2.45, 2.75) is 13.0 Å². The van der Waals surface area contributed by atoms with Crippen LogP contribution in [0.15, 0.2) is 64.1 Å². The van der Waals surface area contributed by atoms with E-state index in [-0.39, 0.29) is 24.1 Å². The number of thiol groups is 1. The minimum atomic E-state index is -0.377. The van der Waals surface area contributed by atoms with Gasteiger partial charge in [-0.05, 0) is 55.2 Å². The lowest BCUT2D eigenvalue weighted by Gasteiger charge is -2.27. The van der Waals surface area contributed by atoms with Crippen molar-refractivity contribution in [2.75, 3.05) is 13.1 Å². The molecule has 1 aliphatic heterocycles. The maximum Gasteiger partial charge on any atom is 0.244 e. The van der Waals surface area contributed by atoms with Crippen molar-refractivity contribution in [3.8, 4) is 22.8 Å². The fourth-order valence-electron chi connectivity index (χ4n) is 3.33. The third-order valence-electron chi connectivity index (χ3n) is 5.00. The molecule has 2 heterocycles. The number of amides is 1. The zero-order valence-electron chi connectivity index (χ0n) is 16.5. The predicted octanol–water partition coefficient (Wildman–Crippen LogP) is 3.96. The third-order valence-corrected chi connectivity index (χ3v) is 5.40. The molecule has 6 nitrogen and oxygen atoms in total. The van der Waals surface area contributed by atoms with Crippen LogP contribution in [-0.2, 0) is 11.3 Å². The van der Waals surface area contributed by atoms with Crippen LogP contribution >= 0.6 is 12.6 Å². The van der Waals surface area contributed by atoms with E-state index in [1.54, 1.807) is 29.2 Å². The van der Waals surface area contributed by atoms with Crippen LogP contribution in [-0.4, -0.2) is 45.4 Å². The van der Waals surface area contributed by atoms with Crippen LogP contribution in [0.2, 0.25) is 0 Å². The van der Waals surface area contributed by atoms with E-state index >= 15 is 0 Å². The van der Waals surface area contributed by atoms with Crippen molar-refractivity contribution in [3.63, 3.8) is 0 Å². The summed E-state index contributed by atoms with van der Waals surface area (Å²) in [7, 11) is 0. The summed E-state index contributed by atoms with van der Waals surface area (Å²) in [5, 5.41) is 4.48. The summed E-state index contributed by atoms with van der Waals surface area (Å²) in [6.07, 6.45) is 0.580. The Hall–Kier alpha value is -3.33. The summed E-state index contributed by atoms with van der Waals surface area (Å²) in [6, 6.07) is 11.6. The van der Waals surface area contributed by atoms with Gasteiger partial charge in [0.25, 0.3) is 0 Å². The Balaban J connectivity index is 1.66. The molecule has 9 heteroatoms. The Bertz CT molecular complexity index is 1160. The molecule has 0 atom stereocenters. The van der Waals surface area contributed by atoms with E-state index in [4.69, 9.17) is 0 Å². The zero-order valence-corrected chi connectivity index (χ0v) is 17.4. The van der Waals surface area contributed by atoms with Crippen LogP contribution in [0.3, 0.4) is 0 Å². The molecule has 31 heavy (non-hydrogen) atoms. The fourth-order valence-corrected chi connectivity index (χ4v) is 3.69. The molecule has 2 aromatic carbocycles. The van der Waals surface area contributed by atoms with Crippen molar-refractivity contribution in [3.05, 3.63) is 70.8 Å². The third kappa shape index (κ3) is 4.56. The number of carbonyl (C=O) groups is 1. The van der Waals surface area contributed by atoms with Crippen LogP contribution in [0.25, 0.3) is 22.8 Å². The molecule has 0 unspecified atom stereocenters. The van der Waals surface area contributed by atoms with E-state index in [9.17, 15) is 13.6 Å². The topological polar surface area (TPSA) is 63.4 Å². The van der Waals surface area contributed by atoms with Gasteiger partial charge in [-0.2, -0.15) is 0 Å². The Morgan fingerprint density at radius 2 is 1.68 bits per heavy atom. The van der Waals surface area contributed by atoms with Crippen molar-refractivity contribution >= 4 is 25.3 Å². The van der Waals surface area contributed by atoms with E-state index in [1.807, 2.05) is 0 Å². The second-order valence-electron chi connectivity index (χ2n) is 7.05. The quantitative estimate of drug-likeness (QED) is 0.484. The summed E-state index contributed by atoms with van der Waals surface area (Å²) < 4.78 is 28.2. The molecule has 0 fully saturated rings. The average Bonchev–Trinajstić information content (AvgIpc) is 3.18. The van der Waals surface area contributed by atoms with Crippen LogP contribution < -0.4 is 0 Å². The molecule has 0 saturated heterocycles. The lowest BCUT2D eigenvalue weighted by Crippen LogP contribution is -2.38. The monoisotopic (exact) mass is 439 g/mol. The van der Waals surface area contributed by atoms with Crippen molar-refractivity contribution < 1.29 is 13.6 Å². The van der Waals surface area contributed by atoms with Crippen LogP contribution in [0.4, 0.5) is 8.78 Å². The molecule has 0 radical (unpaired) electrons. The molecule has 0 spiro atoms. The van der Waals surface area contributed by atoms with Gasteiger partial charge in [-0.1, -0.05) is 0 Å². The number of carbonyl (C=O) groups excluding carboxylic acids is 1. The first kappa shape index (κ1) is 20.9. The highest BCUT2D eigenvalue weighted by Crippen LogP contribution is 2.25. The van der Waals surface area contributed by atoms with Gasteiger partial charge in [-0.3, -0.25) is 9.79 Å². The first-order valence-electron chi connectivity index (χ1n) is 9.57. The van der Waals surface area contributed by atoms with Crippen molar-refractivity contribution in [1.82, 2.24) is 19.7 Å². The molecule has 0 aliphatic carbocycles. The zero-order chi connectivity index (χ0) is 22.0. The van der Waals surface area contributed by atoms with Gasteiger partial charge in [0, 0.05) is 29.0 Å². The number of benzene rings is 2. The highest BCUT2D eigenvalue weighted by atomic mass is 32.1. The number of rotatable bonds is 5. The molecule has 1 aliphatic rings. The molecule has 158 valence electrons. The first-order chi connectivity index (χ1) is 14.9. The number of aromatic nitrogens is 3. The first-order valence-corrected chi connectivity index (χ1v) is 10.0. The van der Waals surface area contributed by atoms with Crippen molar-refractivity contribution in [2.24, 2.45) is 4.99 Å². The van der Waals surface area contributed by atoms with Gasteiger partial charge < -0.3 is 4.90 Å². The van der Waals surface area contributed by atoms with Crippen LogP contribution in [0.5, 0.6) is 0 Å². The summed E-state index contributed by atoms with van der Waals surface area (Å²) in [5.41, 5.74) is 2.01. The largest absolute Gasteiger partial charge is 0.336 e. The molecular formula is C22H19F2N5OS. The highest BCUT2D eigenvalue weighted by Gasteiger charge is 2.23. The number of halogens is 2. The second kappa shape index (κ2) is 8.81. The number of hydrogen-bond acceptors (Lipinski definition) is 5. The maximum atomic E-state index is 13.4. The summed E-state index contributed by atoms with van der Waals surface area (Å²) in [5.74, 6) is -0.143. The Labute approximate surface area is 183 Å². The summed E-state index contributed by atoms with van der Waals surface area (Å²) in [4.78, 5) is 23.8. The molecule has 0 N–H and O–H groups in total. The fraction of sp³-hybridized carbons (Fsp3) is 0.182. The van der Waals surface area contributed by atoms with Crippen LogP contribution in [0, 0.1) is 11.6 Å². The van der Waals surface area contributed by atoms with Gasteiger partial charge in [0.05, 0.1) is 12.2 Å². The highest BCUT2D eigenvalue weighted by molar-refractivity contribution is 7.84. The number of aliphatic imine (C=N–C) groups is 1. The average molecular weight is 439 g/mol. The van der Waals surface area contributed by atoms with Crippen LogP contribution in [0.1, 0.15) is 6.42 Å². The molecule has 1 amide bonds. The standard InChI is InChI=1S/C22H19F2N5OS/c1-25-18-10-11-28(12-19(18)31)20(30)13-29-22(15-4-8-17(24)9-5-15)26-21(27-29)14-2-6-16(23)7-3-14/h2-9,31H,1,10-13H2. The Morgan fingerprint density at radius 1 is 1.06 bits per heavy atom. The van der Waals surface area contributed by atoms with Gasteiger partial charge in [0.2, 0.25) is 5.91 Å². The number of nitrogens with zero attached hydrogens (tertiary/aromatic N) is 5. The van der Waals surface area contributed by atoms with Gasteiger partial charge >= 0.3 is 0 Å². The smallest absolute Gasteiger partial charge is 0.244 e. The molecule has 3 aromatic rings. The van der Waals surface area contributed by atoms with E-state index in [0.717, 1.165) is 5.70 Å². The predicted molar refractivity (Wildman–Crippen MR) is 118 cm³/mol.